The molecule has 0 atom stereocenters. The Balaban J connectivity index is 2.25. The number of phenols is 1. The molecule has 0 aromatic heterocycles. The maximum absolute atomic E-state index is 12.1. The zero-order valence-electron chi connectivity index (χ0n) is 9.65. The predicted octanol–water partition coefficient (Wildman–Crippen LogP) is 3.59. The lowest BCUT2D eigenvalue weighted by Gasteiger charge is -2.08. The second-order valence-corrected chi connectivity index (χ2v) is 5.95. The first-order valence-electron chi connectivity index (χ1n) is 5.32. The minimum atomic E-state index is -0.377. The first-order valence-corrected chi connectivity index (χ1v) is 7.19. The normalized spacial score (nSPS) is 10.2. The minimum absolute atomic E-state index is 0.0528. The average Bonchev–Trinajstić information content (AvgIpc) is 2.36. The maximum atomic E-state index is 12.1. The second-order valence-electron chi connectivity index (χ2n) is 3.85. The van der Waals surface area contributed by atoms with Crippen molar-refractivity contribution in [2.75, 3.05) is 11.1 Å². The van der Waals surface area contributed by atoms with Crippen LogP contribution in [0.25, 0.3) is 0 Å². The van der Waals surface area contributed by atoms with Gasteiger partial charge in [0, 0.05) is 19.4 Å². The molecular formula is C13H10BrIN2O2. The molecule has 0 unspecified atom stereocenters. The third-order valence-electron chi connectivity index (χ3n) is 2.46. The molecule has 0 bridgehead atoms. The number of nitrogens with two attached hydrogens (primary N) is 1. The number of nitrogens with one attached hydrogen (secondary N) is 1. The molecule has 4 N–H and O–H groups in total. The summed E-state index contributed by atoms with van der Waals surface area (Å²) in [7, 11) is 0. The number of nitrogen functional groups attached to an aromatic ring is 1. The van der Waals surface area contributed by atoms with Crippen molar-refractivity contribution < 1.29 is 9.90 Å². The number of benzene rings is 2. The molecule has 19 heavy (non-hydrogen) atoms. The van der Waals surface area contributed by atoms with Crippen molar-refractivity contribution in [3.63, 3.8) is 0 Å². The van der Waals surface area contributed by atoms with Crippen LogP contribution in [0.2, 0.25) is 0 Å². The molecule has 0 fully saturated rings. The van der Waals surface area contributed by atoms with E-state index in [0.717, 1.165) is 8.04 Å². The molecule has 0 saturated carbocycles. The van der Waals surface area contributed by atoms with Gasteiger partial charge in [-0.15, -0.1) is 0 Å². The van der Waals surface area contributed by atoms with Crippen LogP contribution in [-0.2, 0) is 0 Å². The molecule has 0 aliphatic heterocycles. The summed E-state index contributed by atoms with van der Waals surface area (Å²) >= 11 is 5.36. The molecular weight excluding hydrogens is 423 g/mol. The van der Waals surface area contributed by atoms with Crippen molar-refractivity contribution in [2.45, 2.75) is 0 Å². The van der Waals surface area contributed by atoms with Crippen LogP contribution in [0.15, 0.2) is 40.9 Å². The summed E-state index contributed by atoms with van der Waals surface area (Å²) < 4.78 is 1.64. The van der Waals surface area contributed by atoms with Gasteiger partial charge < -0.3 is 16.2 Å². The highest BCUT2D eigenvalue weighted by atomic mass is 127. The zero-order valence-corrected chi connectivity index (χ0v) is 13.4. The van der Waals surface area contributed by atoms with Crippen LogP contribution < -0.4 is 11.1 Å². The molecule has 0 saturated heterocycles. The molecule has 0 heterocycles. The van der Waals surface area contributed by atoms with Gasteiger partial charge in [0.2, 0.25) is 0 Å². The summed E-state index contributed by atoms with van der Waals surface area (Å²) in [4.78, 5) is 12.1. The van der Waals surface area contributed by atoms with E-state index in [-0.39, 0.29) is 17.2 Å². The number of amides is 1. The molecule has 6 heteroatoms. The van der Waals surface area contributed by atoms with Crippen molar-refractivity contribution in [3.05, 3.63) is 50.0 Å². The zero-order chi connectivity index (χ0) is 14.0. The fourth-order valence-corrected chi connectivity index (χ4v) is 2.25. The number of hydrogen-bond donors (Lipinski definition) is 3. The van der Waals surface area contributed by atoms with Gasteiger partial charge in [-0.25, -0.2) is 0 Å². The van der Waals surface area contributed by atoms with Gasteiger partial charge in [-0.1, -0.05) is 0 Å². The lowest BCUT2D eigenvalue weighted by molar-refractivity contribution is 0.102. The van der Waals surface area contributed by atoms with E-state index in [0.29, 0.717) is 11.4 Å². The molecule has 0 aliphatic carbocycles. The summed E-state index contributed by atoms with van der Waals surface area (Å²) in [6.45, 7) is 0. The van der Waals surface area contributed by atoms with Gasteiger partial charge >= 0.3 is 0 Å². The summed E-state index contributed by atoms with van der Waals surface area (Å²) in [5, 5.41) is 12.4. The minimum Gasteiger partial charge on any atom is -0.507 e. The fourth-order valence-electron chi connectivity index (χ4n) is 1.51. The van der Waals surface area contributed by atoms with Crippen LogP contribution in [-0.4, -0.2) is 11.0 Å². The summed E-state index contributed by atoms with van der Waals surface area (Å²) in [5.41, 5.74) is 7.08. The van der Waals surface area contributed by atoms with E-state index in [1.807, 2.05) is 0 Å². The van der Waals surface area contributed by atoms with Crippen LogP contribution in [0.5, 0.6) is 5.75 Å². The lowest BCUT2D eigenvalue weighted by atomic mass is 10.2. The molecule has 0 aliphatic rings. The standard InChI is InChI=1S/C13H10BrIN2O2/c14-10-3-2-8(6-11(10)16)17-13(19)9-5-7(15)1-4-12(9)18/h1-6,18H,16H2,(H,17,19). The van der Waals surface area contributed by atoms with Crippen molar-refractivity contribution >= 4 is 55.8 Å². The Bertz CT molecular complexity index is 647. The third kappa shape index (κ3) is 3.38. The van der Waals surface area contributed by atoms with E-state index in [9.17, 15) is 9.90 Å². The van der Waals surface area contributed by atoms with E-state index >= 15 is 0 Å². The number of halogens is 2. The monoisotopic (exact) mass is 432 g/mol. The molecule has 4 nitrogen and oxygen atoms in total. The molecule has 0 spiro atoms. The number of carbonyl (C=O) groups excluding carboxylic acids is 1. The van der Waals surface area contributed by atoms with Crippen LogP contribution in [0.4, 0.5) is 11.4 Å². The van der Waals surface area contributed by atoms with Gasteiger partial charge in [0.25, 0.3) is 5.91 Å². The van der Waals surface area contributed by atoms with Crippen molar-refractivity contribution in [3.8, 4) is 5.75 Å². The number of hydrogen-bond acceptors (Lipinski definition) is 3. The molecule has 1 amide bonds. The Morgan fingerprint density at radius 2 is 2.00 bits per heavy atom. The summed E-state index contributed by atoms with van der Waals surface area (Å²) in [6.07, 6.45) is 0. The number of carbonyl (C=O) groups is 1. The van der Waals surface area contributed by atoms with Crippen molar-refractivity contribution in [1.82, 2.24) is 0 Å². The highest BCUT2D eigenvalue weighted by Crippen LogP contribution is 2.25. The Morgan fingerprint density at radius 3 is 2.68 bits per heavy atom. The third-order valence-corrected chi connectivity index (χ3v) is 3.85. The van der Waals surface area contributed by atoms with Gasteiger partial charge in [-0.05, 0) is 74.9 Å². The van der Waals surface area contributed by atoms with Crippen molar-refractivity contribution in [2.24, 2.45) is 0 Å². The van der Waals surface area contributed by atoms with Gasteiger partial charge in [-0.3, -0.25) is 4.79 Å². The second kappa shape index (κ2) is 5.79. The van der Waals surface area contributed by atoms with Gasteiger partial charge in [0.15, 0.2) is 0 Å². The molecule has 98 valence electrons. The maximum Gasteiger partial charge on any atom is 0.259 e. The molecule has 2 aromatic carbocycles. The Labute approximate surface area is 132 Å². The Hall–Kier alpha value is -1.28. The van der Waals surface area contributed by atoms with E-state index in [2.05, 4.69) is 43.8 Å². The van der Waals surface area contributed by atoms with Crippen LogP contribution in [0.3, 0.4) is 0 Å². The highest BCUT2D eigenvalue weighted by Gasteiger charge is 2.12. The van der Waals surface area contributed by atoms with Gasteiger partial charge in [0.1, 0.15) is 5.75 Å². The average molecular weight is 433 g/mol. The SMILES string of the molecule is Nc1cc(NC(=O)c2cc(I)ccc2O)ccc1Br. The summed E-state index contributed by atoms with van der Waals surface area (Å²) in [5.74, 6) is -0.430. The predicted molar refractivity (Wildman–Crippen MR) is 87.3 cm³/mol. The van der Waals surface area contributed by atoms with Crippen molar-refractivity contribution in [1.29, 1.82) is 0 Å². The number of anilines is 2. The smallest absolute Gasteiger partial charge is 0.259 e. The van der Waals surface area contributed by atoms with Crippen LogP contribution >= 0.6 is 38.5 Å². The molecule has 2 rings (SSSR count). The summed E-state index contributed by atoms with van der Waals surface area (Å²) in [6, 6.07) is 9.96. The lowest BCUT2D eigenvalue weighted by Crippen LogP contribution is -2.12. The first kappa shape index (κ1) is 14.1. The number of rotatable bonds is 2. The van der Waals surface area contributed by atoms with Gasteiger partial charge in [0.05, 0.1) is 5.56 Å². The van der Waals surface area contributed by atoms with Gasteiger partial charge in [-0.2, -0.15) is 0 Å². The van der Waals surface area contributed by atoms with Crippen LogP contribution in [0, 0.1) is 3.57 Å². The largest absolute Gasteiger partial charge is 0.507 e. The Kier molecular flexibility index (Phi) is 4.31. The number of aromatic hydroxyl groups is 1. The van der Waals surface area contributed by atoms with E-state index in [1.165, 1.54) is 6.07 Å². The number of phenolic OH excluding ortho intramolecular Hbond substituents is 1. The molecule has 0 radical (unpaired) electrons. The van der Waals surface area contributed by atoms with E-state index in [4.69, 9.17) is 5.73 Å². The quantitative estimate of drug-likeness (QED) is 0.501. The molecule has 2 aromatic rings. The first-order chi connectivity index (χ1) is 8.97. The fraction of sp³-hybridized carbons (Fsp3) is 0. The highest BCUT2D eigenvalue weighted by molar-refractivity contribution is 14.1. The van der Waals surface area contributed by atoms with E-state index in [1.54, 1.807) is 30.3 Å². The topological polar surface area (TPSA) is 75.3 Å². The Morgan fingerprint density at radius 1 is 1.26 bits per heavy atom. The van der Waals surface area contributed by atoms with E-state index < -0.39 is 0 Å². The van der Waals surface area contributed by atoms with Crippen LogP contribution in [0.1, 0.15) is 10.4 Å².